The molecule has 1 aliphatic rings. The van der Waals surface area contributed by atoms with Crippen molar-refractivity contribution in [1.82, 2.24) is 15.6 Å². The standard InChI is InChI=1S/C23H31N3O2/c1-4-19(5-2)28-22-10-6-9-20(23(22)26-16(3)27)25-15-17-11-12-18-8-7-13-24-21(18)14-17/h6-8,10-14,19-20,22-23,25H,4-5,9,15H2,1-3H3,(H,26,27)/t20-,22?,23+/m0/s1. The summed E-state index contributed by atoms with van der Waals surface area (Å²) in [5.74, 6) is -0.0276. The summed E-state index contributed by atoms with van der Waals surface area (Å²) in [4.78, 5) is 16.3. The number of hydrogen-bond acceptors (Lipinski definition) is 4. The van der Waals surface area contributed by atoms with Crippen LogP contribution in [0, 0.1) is 0 Å². The van der Waals surface area contributed by atoms with E-state index in [0.29, 0.717) is 0 Å². The molecule has 0 saturated heterocycles. The number of nitrogens with one attached hydrogen (secondary N) is 2. The summed E-state index contributed by atoms with van der Waals surface area (Å²) in [5.41, 5.74) is 2.18. The highest BCUT2D eigenvalue weighted by atomic mass is 16.5. The third-order valence-electron chi connectivity index (χ3n) is 5.37. The fraction of sp³-hybridized carbons (Fsp3) is 0.478. The van der Waals surface area contributed by atoms with E-state index in [1.54, 1.807) is 6.92 Å². The van der Waals surface area contributed by atoms with Crippen LogP contribution in [0.3, 0.4) is 0 Å². The zero-order valence-corrected chi connectivity index (χ0v) is 17.0. The fourth-order valence-corrected chi connectivity index (χ4v) is 3.79. The molecule has 3 atom stereocenters. The molecular weight excluding hydrogens is 350 g/mol. The molecule has 150 valence electrons. The summed E-state index contributed by atoms with van der Waals surface area (Å²) in [6.45, 7) is 6.56. The second-order valence-corrected chi connectivity index (χ2v) is 7.45. The van der Waals surface area contributed by atoms with Gasteiger partial charge >= 0.3 is 0 Å². The van der Waals surface area contributed by atoms with Crippen molar-refractivity contribution in [3.8, 4) is 0 Å². The van der Waals surface area contributed by atoms with Crippen LogP contribution in [-0.2, 0) is 16.1 Å². The molecule has 1 aromatic heterocycles. The number of amides is 1. The van der Waals surface area contributed by atoms with Gasteiger partial charge in [0.25, 0.3) is 0 Å². The number of carbonyl (C=O) groups is 1. The molecule has 1 aliphatic carbocycles. The lowest BCUT2D eigenvalue weighted by molar-refractivity contribution is -0.121. The van der Waals surface area contributed by atoms with Gasteiger partial charge in [-0.05, 0) is 37.0 Å². The molecule has 0 radical (unpaired) electrons. The lowest BCUT2D eigenvalue weighted by Crippen LogP contribution is -2.57. The zero-order valence-electron chi connectivity index (χ0n) is 17.0. The second kappa shape index (κ2) is 9.80. The van der Waals surface area contributed by atoms with E-state index in [4.69, 9.17) is 4.74 Å². The molecule has 0 fully saturated rings. The average molecular weight is 382 g/mol. The minimum Gasteiger partial charge on any atom is -0.369 e. The van der Waals surface area contributed by atoms with E-state index in [0.717, 1.165) is 36.7 Å². The second-order valence-electron chi connectivity index (χ2n) is 7.45. The van der Waals surface area contributed by atoms with Gasteiger partial charge in [-0.25, -0.2) is 0 Å². The maximum atomic E-state index is 11.8. The molecule has 0 spiro atoms. The number of benzene rings is 1. The normalized spacial score (nSPS) is 21.9. The molecular formula is C23H31N3O2. The van der Waals surface area contributed by atoms with Crippen LogP contribution < -0.4 is 10.6 Å². The van der Waals surface area contributed by atoms with Gasteiger partial charge in [-0.15, -0.1) is 0 Å². The molecule has 5 heteroatoms. The van der Waals surface area contributed by atoms with Crippen molar-refractivity contribution in [2.75, 3.05) is 0 Å². The number of ether oxygens (including phenoxy) is 1. The monoisotopic (exact) mass is 381 g/mol. The van der Waals surface area contributed by atoms with Gasteiger partial charge in [-0.1, -0.05) is 44.2 Å². The summed E-state index contributed by atoms with van der Waals surface area (Å²) in [5, 5.41) is 7.88. The topological polar surface area (TPSA) is 63.2 Å². The van der Waals surface area contributed by atoms with Crippen LogP contribution in [0.25, 0.3) is 10.9 Å². The Kier molecular flexibility index (Phi) is 7.18. The summed E-state index contributed by atoms with van der Waals surface area (Å²) in [6.07, 6.45) is 8.96. The maximum Gasteiger partial charge on any atom is 0.217 e. The summed E-state index contributed by atoms with van der Waals surface area (Å²) in [6, 6.07) is 10.4. The van der Waals surface area contributed by atoms with Crippen LogP contribution in [0.5, 0.6) is 0 Å². The summed E-state index contributed by atoms with van der Waals surface area (Å²) < 4.78 is 6.29. The Morgan fingerprint density at radius 2 is 2.11 bits per heavy atom. The highest BCUT2D eigenvalue weighted by Gasteiger charge is 2.32. The fourth-order valence-electron chi connectivity index (χ4n) is 3.79. The summed E-state index contributed by atoms with van der Waals surface area (Å²) >= 11 is 0. The van der Waals surface area contributed by atoms with Gasteiger partial charge in [0.15, 0.2) is 0 Å². The summed E-state index contributed by atoms with van der Waals surface area (Å²) in [7, 11) is 0. The maximum absolute atomic E-state index is 11.8. The van der Waals surface area contributed by atoms with Crippen molar-refractivity contribution >= 4 is 16.8 Å². The number of nitrogens with zero attached hydrogens (tertiary/aromatic N) is 1. The number of hydrogen-bond donors (Lipinski definition) is 2. The van der Waals surface area contributed by atoms with Gasteiger partial charge in [0.1, 0.15) is 0 Å². The number of carbonyl (C=O) groups excluding carboxylic acids is 1. The van der Waals surface area contributed by atoms with Crippen molar-refractivity contribution in [2.24, 2.45) is 0 Å². The first-order valence-electron chi connectivity index (χ1n) is 10.3. The van der Waals surface area contributed by atoms with Gasteiger partial charge in [0, 0.05) is 31.1 Å². The molecule has 1 heterocycles. The van der Waals surface area contributed by atoms with Crippen LogP contribution in [0.15, 0.2) is 48.7 Å². The Balaban J connectivity index is 1.70. The van der Waals surface area contributed by atoms with Crippen LogP contribution in [0.4, 0.5) is 0 Å². The van der Waals surface area contributed by atoms with E-state index in [2.05, 4.69) is 65.9 Å². The van der Waals surface area contributed by atoms with Crippen molar-refractivity contribution < 1.29 is 9.53 Å². The van der Waals surface area contributed by atoms with Crippen molar-refractivity contribution in [3.05, 3.63) is 54.2 Å². The van der Waals surface area contributed by atoms with Crippen LogP contribution in [0.2, 0.25) is 0 Å². The Bertz CT molecular complexity index is 816. The molecule has 0 aliphatic heterocycles. The van der Waals surface area contributed by atoms with E-state index in [-0.39, 0.29) is 30.2 Å². The average Bonchev–Trinajstić information content (AvgIpc) is 2.71. The van der Waals surface area contributed by atoms with Crippen LogP contribution in [-0.4, -0.2) is 35.2 Å². The number of aromatic nitrogens is 1. The van der Waals surface area contributed by atoms with E-state index >= 15 is 0 Å². The molecule has 1 unspecified atom stereocenters. The molecule has 28 heavy (non-hydrogen) atoms. The Hall–Kier alpha value is -2.24. The molecule has 1 amide bonds. The largest absolute Gasteiger partial charge is 0.369 e. The Morgan fingerprint density at radius 1 is 1.29 bits per heavy atom. The van der Waals surface area contributed by atoms with E-state index in [1.165, 1.54) is 5.56 Å². The molecule has 0 saturated carbocycles. The smallest absolute Gasteiger partial charge is 0.217 e. The van der Waals surface area contributed by atoms with Gasteiger partial charge in [0.2, 0.25) is 5.91 Å². The minimum atomic E-state index is -0.113. The quantitative estimate of drug-likeness (QED) is 0.684. The first kappa shape index (κ1) is 20.5. The lowest BCUT2D eigenvalue weighted by Gasteiger charge is -2.37. The van der Waals surface area contributed by atoms with Crippen molar-refractivity contribution in [2.45, 2.75) is 70.9 Å². The SMILES string of the molecule is CCC(CC)OC1C=CC[C@H](NCc2ccc3cccnc3c2)[C@H]1NC(C)=O. The number of fused-ring (bicyclic) bond motifs is 1. The van der Waals surface area contributed by atoms with Gasteiger partial charge in [-0.3, -0.25) is 9.78 Å². The predicted octanol–water partition coefficient (Wildman–Crippen LogP) is 3.73. The zero-order chi connectivity index (χ0) is 19.9. The number of rotatable bonds is 8. The molecule has 1 aromatic carbocycles. The Labute approximate surface area is 167 Å². The van der Waals surface area contributed by atoms with E-state index < -0.39 is 0 Å². The van der Waals surface area contributed by atoms with Gasteiger partial charge in [0.05, 0.1) is 23.8 Å². The third-order valence-corrected chi connectivity index (χ3v) is 5.37. The van der Waals surface area contributed by atoms with Gasteiger partial charge in [-0.2, -0.15) is 0 Å². The molecule has 0 bridgehead atoms. The molecule has 5 nitrogen and oxygen atoms in total. The lowest BCUT2D eigenvalue weighted by atomic mass is 9.92. The van der Waals surface area contributed by atoms with E-state index in [1.807, 2.05) is 12.3 Å². The minimum absolute atomic E-state index is 0.0276. The molecule has 2 aromatic rings. The van der Waals surface area contributed by atoms with Crippen LogP contribution in [0.1, 0.15) is 45.6 Å². The first-order chi connectivity index (χ1) is 13.6. The van der Waals surface area contributed by atoms with Crippen molar-refractivity contribution in [1.29, 1.82) is 0 Å². The predicted molar refractivity (Wildman–Crippen MR) is 113 cm³/mol. The van der Waals surface area contributed by atoms with Crippen LogP contribution >= 0.6 is 0 Å². The van der Waals surface area contributed by atoms with Gasteiger partial charge < -0.3 is 15.4 Å². The highest BCUT2D eigenvalue weighted by molar-refractivity contribution is 5.78. The molecule has 3 rings (SSSR count). The Morgan fingerprint density at radius 3 is 2.86 bits per heavy atom. The highest BCUT2D eigenvalue weighted by Crippen LogP contribution is 2.21. The van der Waals surface area contributed by atoms with E-state index in [9.17, 15) is 4.79 Å². The molecule has 2 N–H and O–H groups in total. The third kappa shape index (κ3) is 5.18. The van der Waals surface area contributed by atoms with Crippen molar-refractivity contribution in [3.63, 3.8) is 0 Å². The number of pyridine rings is 1. The first-order valence-corrected chi connectivity index (χ1v) is 10.3.